The molecule has 0 amide bonds. The van der Waals surface area contributed by atoms with Gasteiger partial charge in [0.25, 0.3) is 0 Å². The Morgan fingerprint density at radius 2 is 0.729 bits per heavy atom. The molecule has 1 spiro atoms. The normalized spacial score (nSPS) is 14.2. The first kappa shape index (κ1) is 33.9. The first-order valence-electron chi connectivity index (χ1n) is 20.8. The molecule has 9 aromatic rings. The quantitative estimate of drug-likeness (QED) is 0.169. The molecule has 0 fully saturated rings. The average molecular weight is 752 g/mol. The summed E-state index contributed by atoms with van der Waals surface area (Å²) in [7, 11) is 0. The Balaban J connectivity index is 1.17. The van der Waals surface area contributed by atoms with Crippen molar-refractivity contribution in [2.75, 3.05) is 4.90 Å². The van der Waals surface area contributed by atoms with Crippen LogP contribution in [0.2, 0.25) is 0 Å². The molecule has 0 N–H and O–H groups in total. The Morgan fingerprint density at radius 1 is 0.288 bits per heavy atom. The van der Waals surface area contributed by atoms with Crippen LogP contribution in [0.15, 0.2) is 212 Å². The van der Waals surface area contributed by atoms with Crippen LogP contribution in [0.5, 0.6) is 0 Å². The van der Waals surface area contributed by atoms with E-state index in [0.717, 1.165) is 17.1 Å². The zero-order valence-corrected chi connectivity index (χ0v) is 33.2. The van der Waals surface area contributed by atoms with Gasteiger partial charge in [-0.15, -0.1) is 0 Å². The monoisotopic (exact) mass is 751 g/mol. The summed E-state index contributed by atoms with van der Waals surface area (Å²) in [6.07, 6.45) is 0. The standard InChI is InChI=1S/C58H41N/c1-57(2)50-25-13-9-21-43(50)47-34-33-42(35-54(47)57)59(41-31-29-39(30-32-41)38-17-5-3-6-18-38)56-37-55-49(36-48(56)40-19-7-4-8-20-40)46-24-12-16-28-53(46)58(55)51-26-14-10-22-44(51)45-23-11-15-27-52(45)58/h3-37H,1-2H3. The Morgan fingerprint density at radius 3 is 1.32 bits per heavy atom. The highest BCUT2D eigenvalue weighted by Gasteiger charge is 2.52. The van der Waals surface area contributed by atoms with Crippen molar-refractivity contribution >= 4 is 17.1 Å². The number of fused-ring (bicyclic) bond motifs is 13. The molecular weight excluding hydrogens is 711 g/mol. The van der Waals surface area contributed by atoms with Crippen LogP contribution in [0.1, 0.15) is 47.2 Å². The molecule has 0 aliphatic heterocycles. The third-order valence-corrected chi connectivity index (χ3v) is 13.5. The molecule has 0 radical (unpaired) electrons. The van der Waals surface area contributed by atoms with Crippen LogP contribution in [-0.4, -0.2) is 0 Å². The summed E-state index contributed by atoms with van der Waals surface area (Å²) in [6, 6.07) is 79.3. The van der Waals surface area contributed by atoms with Crippen LogP contribution in [-0.2, 0) is 10.8 Å². The van der Waals surface area contributed by atoms with Crippen molar-refractivity contribution in [3.8, 4) is 55.6 Å². The summed E-state index contributed by atoms with van der Waals surface area (Å²) >= 11 is 0. The van der Waals surface area contributed by atoms with Gasteiger partial charge in [0.05, 0.1) is 11.1 Å². The molecule has 1 nitrogen and oxygen atoms in total. The number of hydrogen-bond acceptors (Lipinski definition) is 1. The zero-order chi connectivity index (χ0) is 39.3. The minimum absolute atomic E-state index is 0.145. The Labute approximate surface area is 346 Å². The van der Waals surface area contributed by atoms with E-state index in [1.807, 2.05) is 0 Å². The summed E-state index contributed by atoms with van der Waals surface area (Å²) in [5.41, 5.74) is 23.6. The molecule has 278 valence electrons. The molecule has 0 atom stereocenters. The highest BCUT2D eigenvalue weighted by Crippen LogP contribution is 2.64. The van der Waals surface area contributed by atoms with Gasteiger partial charge in [0.1, 0.15) is 0 Å². The van der Waals surface area contributed by atoms with Crippen molar-refractivity contribution in [3.05, 3.63) is 246 Å². The third-order valence-electron chi connectivity index (χ3n) is 13.5. The van der Waals surface area contributed by atoms with Gasteiger partial charge >= 0.3 is 0 Å². The lowest BCUT2D eigenvalue weighted by Crippen LogP contribution is -2.26. The third kappa shape index (κ3) is 4.73. The highest BCUT2D eigenvalue weighted by molar-refractivity contribution is 6.00. The summed E-state index contributed by atoms with van der Waals surface area (Å²) in [5.74, 6) is 0. The van der Waals surface area contributed by atoms with Crippen LogP contribution >= 0.6 is 0 Å². The van der Waals surface area contributed by atoms with Crippen LogP contribution in [0.3, 0.4) is 0 Å². The van der Waals surface area contributed by atoms with Gasteiger partial charge in [-0.3, -0.25) is 0 Å². The second-order valence-electron chi connectivity index (χ2n) is 16.8. The first-order valence-corrected chi connectivity index (χ1v) is 20.8. The predicted molar refractivity (Wildman–Crippen MR) is 246 cm³/mol. The van der Waals surface area contributed by atoms with E-state index < -0.39 is 5.41 Å². The van der Waals surface area contributed by atoms with Gasteiger partial charge in [-0.05, 0) is 120 Å². The average Bonchev–Trinajstić information content (AvgIpc) is 3.85. The van der Waals surface area contributed by atoms with Crippen LogP contribution in [0, 0.1) is 0 Å². The maximum absolute atomic E-state index is 2.55. The Bertz CT molecular complexity index is 3070. The minimum atomic E-state index is -0.465. The number of nitrogens with zero attached hydrogens (tertiary/aromatic N) is 1. The smallest absolute Gasteiger partial charge is 0.0726 e. The van der Waals surface area contributed by atoms with Gasteiger partial charge in [-0.25, -0.2) is 0 Å². The van der Waals surface area contributed by atoms with Crippen molar-refractivity contribution in [2.45, 2.75) is 24.7 Å². The van der Waals surface area contributed by atoms with Gasteiger partial charge in [0.15, 0.2) is 0 Å². The lowest BCUT2D eigenvalue weighted by Gasteiger charge is -2.34. The maximum atomic E-state index is 2.55. The fourth-order valence-corrected chi connectivity index (χ4v) is 10.9. The lowest BCUT2D eigenvalue weighted by molar-refractivity contribution is 0.660. The van der Waals surface area contributed by atoms with E-state index in [-0.39, 0.29) is 5.41 Å². The zero-order valence-electron chi connectivity index (χ0n) is 33.2. The molecular formula is C58H41N. The van der Waals surface area contributed by atoms with Crippen LogP contribution in [0.4, 0.5) is 17.1 Å². The lowest BCUT2D eigenvalue weighted by atomic mass is 9.70. The largest absolute Gasteiger partial charge is 0.310 e. The van der Waals surface area contributed by atoms with E-state index in [9.17, 15) is 0 Å². The second-order valence-corrected chi connectivity index (χ2v) is 16.8. The van der Waals surface area contributed by atoms with Gasteiger partial charge in [-0.2, -0.15) is 0 Å². The summed E-state index contributed by atoms with van der Waals surface area (Å²) in [6.45, 7) is 4.75. The molecule has 0 heterocycles. The van der Waals surface area contributed by atoms with Gasteiger partial charge in [-0.1, -0.05) is 190 Å². The molecule has 9 aromatic carbocycles. The summed E-state index contributed by atoms with van der Waals surface area (Å²) in [5, 5.41) is 0. The van der Waals surface area contributed by atoms with E-state index in [4.69, 9.17) is 0 Å². The molecule has 0 bridgehead atoms. The molecule has 0 unspecified atom stereocenters. The summed E-state index contributed by atoms with van der Waals surface area (Å²) < 4.78 is 0. The van der Waals surface area contributed by atoms with E-state index >= 15 is 0 Å². The van der Waals surface area contributed by atoms with E-state index in [1.165, 1.54) is 89.0 Å². The van der Waals surface area contributed by atoms with Crippen molar-refractivity contribution in [1.29, 1.82) is 0 Å². The highest BCUT2D eigenvalue weighted by atomic mass is 15.1. The molecule has 0 saturated heterocycles. The molecule has 3 aliphatic carbocycles. The number of benzene rings is 9. The van der Waals surface area contributed by atoms with Crippen LogP contribution in [0.25, 0.3) is 55.6 Å². The molecule has 3 aliphatic rings. The van der Waals surface area contributed by atoms with Crippen molar-refractivity contribution in [2.24, 2.45) is 0 Å². The van der Waals surface area contributed by atoms with E-state index in [1.54, 1.807) is 0 Å². The molecule has 0 saturated carbocycles. The fraction of sp³-hybridized carbons (Fsp3) is 0.0690. The Kier molecular flexibility index (Phi) is 7.26. The second kappa shape index (κ2) is 12.6. The van der Waals surface area contributed by atoms with Gasteiger partial charge < -0.3 is 4.90 Å². The molecule has 12 rings (SSSR count). The van der Waals surface area contributed by atoms with E-state index in [2.05, 4.69) is 231 Å². The summed E-state index contributed by atoms with van der Waals surface area (Å²) in [4.78, 5) is 2.53. The van der Waals surface area contributed by atoms with Crippen molar-refractivity contribution < 1.29 is 0 Å². The van der Waals surface area contributed by atoms with Gasteiger partial charge in [0, 0.05) is 22.4 Å². The Hall–Kier alpha value is -7.22. The first-order chi connectivity index (χ1) is 29.0. The molecule has 1 heteroatoms. The minimum Gasteiger partial charge on any atom is -0.310 e. The number of hydrogen-bond donors (Lipinski definition) is 0. The maximum Gasteiger partial charge on any atom is 0.0726 e. The molecule has 0 aromatic heterocycles. The predicted octanol–water partition coefficient (Wildman–Crippen LogP) is 15.1. The molecule has 59 heavy (non-hydrogen) atoms. The van der Waals surface area contributed by atoms with Crippen molar-refractivity contribution in [1.82, 2.24) is 0 Å². The SMILES string of the molecule is CC1(C)c2ccccc2-c2ccc(N(c3ccc(-c4ccccc4)cc3)c3cc4c(cc3-c3ccccc3)-c3ccccc3C43c4ccccc4-c4ccccc43)cc21. The van der Waals surface area contributed by atoms with Crippen LogP contribution < -0.4 is 4.90 Å². The number of anilines is 3. The van der Waals surface area contributed by atoms with Crippen molar-refractivity contribution in [3.63, 3.8) is 0 Å². The number of rotatable bonds is 5. The van der Waals surface area contributed by atoms with Gasteiger partial charge in [0.2, 0.25) is 0 Å². The topological polar surface area (TPSA) is 3.24 Å². The fourth-order valence-electron chi connectivity index (χ4n) is 10.9. The van der Waals surface area contributed by atoms with E-state index in [0.29, 0.717) is 0 Å².